The molecular weight excluding hydrogens is 318 g/mol. The molecular formula is C18H23N5O2. The highest BCUT2D eigenvalue weighted by atomic mass is 16.3. The molecule has 2 aromatic heterocycles. The van der Waals surface area contributed by atoms with Gasteiger partial charge in [-0.1, -0.05) is 12.8 Å². The zero-order valence-corrected chi connectivity index (χ0v) is 14.7. The fourth-order valence-corrected chi connectivity index (χ4v) is 3.72. The summed E-state index contributed by atoms with van der Waals surface area (Å²) >= 11 is 0. The van der Waals surface area contributed by atoms with Crippen molar-refractivity contribution in [3.8, 4) is 6.07 Å². The van der Waals surface area contributed by atoms with Gasteiger partial charge in [0.05, 0.1) is 18.3 Å². The lowest BCUT2D eigenvalue weighted by Crippen LogP contribution is -2.49. The Kier molecular flexibility index (Phi) is 4.73. The predicted molar refractivity (Wildman–Crippen MR) is 91.9 cm³/mol. The molecule has 0 aliphatic heterocycles. The number of aliphatic hydroxyl groups excluding tert-OH is 1. The first-order chi connectivity index (χ1) is 12.0. The van der Waals surface area contributed by atoms with Crippen molar-refractivity contribution in [1.29, 1.82) is 5.26 Å². The Bertz CT molecular complexity index is 843. The molecule has 0 spiro atoms. The van der Waals surface area contributed by atoms with Gasteiger partial charge in [0.1, 0.15) is 11.6 Å². The normalized spacial score (nSPS) is 16.1. The maximum atomic E-state index is 12.4. The number of fused-ring (bicyclic) bond motifs is 1. The van der Waals surface area contributed by atoms with E-state index >= 15 is 0 Å². The molecule has 0 saturated heterocycles. The molecule has 1 aliphatic carbocycles. The Morgan fingerprint density at radius 3 is 2.80 bits per heavy atom. The number of rotatable bonds is 5. The van der Waals surface area contributed by atoms with Crippen LogP contribution in [0, 0.1) is 25.2 Å². The lowest BCUT2D eigenvalue weighted by molar-refractivity contribution is -0.123. The average Bonchev–Trinajstić information content (AvgIpc) is 3.22. The van der Waals surface area contributed by atoms with Crippen LogP contribution in [0.3, 0.4) is 0 Å². The summed E-state index contributed by atoms with van der Waals surface area (Å²) < 4.78 is 1.66. The Labute approximate surface area is 146 Å². The second-order valence-electron chi connectivity index (χ2n) is 6.86. The van der Waals surface area contributed by atoms with E-state index in [4.69, 9.17) is 5.26 Å². The van der Waals surface area contributed by atoms with Crippen LogP contribution < -0.4 is 5.32 Å². The number of aryl methyl sites for hydroxylation is 2. The first-order valence-corrected chi connectivity index (χ1v) is 8.65. The Hall–Kier alpha value is -2.46. The third kappa shape index (κ3) is 3.22. The number of nitriles is 1. The van der Waals surface area contributed by atoms with Crippen LogP contribution in [0.1, 0.15) is 54.6 Å². The summed E-state index contributed by atoms with van der Waals surface area (Å²) in [5.41, 5.74) is 3.24. The number of hydrogen-bond donors (Lipinski definition) is 2. The Morgan fingerprint density at radius 2 is 2.16 bits per heavy atom. The van der Waals surface area contributed by atoms with Crippen LogP contribution in [-0.2, 0) is 11.2 Å². The van der Waals surface area contributed by atoms with E-state index in [1.54, 1.807) is 4.52 Å². The lowest BCUT2D eigenvalue weighted by atomic mass is 9.98. The summed E-state index contributed by atoms with van der Waals surface area (Å²) in [7, 11) is 0. The van der Waals surface area contributed by atoms with Gasteiger partial charge in [-0.2, -0.15) is 10.4 Å². The number of aliphatic hydroxyl groups is 1. The number of amides is 1. The zero-order valence-electron chi connectivity index (χ0n) is 14.7. The van der Waals surface area contributed by atoms with Crippen molar-refractivity contribution < 1.29 is 9.90 Å². The van der Waals surface area contributed by atoms with Crippen molar-refractivity contribution in [2.24, 2.45) is 0 Å². The van der Waals surface area contributed by atoms with Crippen LogP contribution in [0.2, 0.25) is 0 Å². The highest BCUT2D eigenvalue weighted by Crippen LogP contribution is 2.29. The van der Waals surface area contributed by atoms with Gasteiger partial charge >= 0.3 is 0 Å². The fourth-order valence-electron chi connectivity index (χ4n) is 3.72. The smallest absolute Gasteiger partial charge is 0.220 e. The molecule has 2 heterocycles. The second kappa shape index (κ2) is 6.81. The fraction of sp³-hybridized carbons (Fsp3) is 0.556. The molecule has 25 heavy (non-hydrogen) atoms. The summed E-state index contributed by atoms with van der Waals surface area (Å²) in [5, 5.41) is 26.0. The molecule has 0 unspecified atom stereocenters. The van der Waals surface area contributed by atoms with Crippen molar-refractivity contribution in [3.63, 3.8) is 0 Å². The number of carbonyl (C=O) groups is 1. The first kappa shape index (κ1) is 17.4. The van der Waals surface area contributed by atoms with Gasteiger partial charge in [0.25, 0.3) is 0 Å². The zero-order chi connectivity index (χ0) is 18.0. The molecule has 3 rings (SSSR count). The van der Waals surface area contributed by atoms with Crippen LogP contribution in [0.15, 0.2) is 6.20 Å². The average molecular weight is 341 g/mol. The minimum absolute atomic E-state index is 0.00542. The highest BCUT2D eigenvalue weighted by molar-refractivity contribution is 5.77. The number of aromatic nitrogens is 3. The Morgan fingerprint density at radius 1 is 1.44 bits per heavy atom. The third-order valence-electron chi connectivity index (χ3n) is 5.20. The quantitative estimate of drug-likeness (QED) is 0.859. The van der Waals surface area contributed by atoms with Gasteiger partial charge in [0.15, 0.2) is 5.65 Å². The summed E-state index contributed by atoms with van der Waals surface area (Å²) in [6.07, 6.45) is 6.16. The molecule has 0 bridgehead atoms. The van der Waals surface area contributed by atoms with Gasteiger partial charge in [-0.15, -0.1) is 0 Å². The van der Waals surface area contributed by atoms with Gasteiger partial charge in [0.2, 0.25) is 5.91 Å². The molecule has 7 heteroatoms. The minimum atomic E-state index is -0.437. The van der Waals surface area contributed by atoms with E-state index in [1.165, 1.54) is 6.20 Å². The molecule has 1 fully saturated rings. The van der Waals surface area contributed by atoms with E-state index in [0.717, 1.165) is 42.6 Å². The monoisotopic (exact) mass is 341 g/mol. The SMILES string of the molecule is Cc1nc2c(C#N)cnn2c(C)c1CCC(=O)NC1(CO)CCCC1. The number of nitrogens with zero attached hydrogens (tertiary/aromatic N) is 4. The highest BCUT2D eigenvalue weighted by Gasteiger charge is 2.34. The summed E-state index contributed by atoms with van der Waals surface area (Å²) in [5.74, 6) is -0.0481. The van der Waals surface area contributed by atoms with E-state index in [0.29, 0.717) is 24.1 Å². The number of nitrogens with one attached hydrogen (secondary N) is 1. The van der Waals surface area contributed by atoms with Crippen LogP contribution in [0.5, 0.6) is 0 Å². The second-order valence-corrected chi connectivity index (χ2v) is 6.86. The topological polar surface area (TPSA) is 103 Å². The molecule has 2 aromatic rings. The minimum Gasteiger partial charge on any atom is -0.394 e. The van der Waals surface area contributed by atoms with E-state index in [2.05, 4.69) is 21.5 Å². The number of carbonyl (C=O) groups excluding carboxylic acids is 1. The van der Waals surface area contributed by atoms with Gasteiger partial charge < -0.3 is 10.4 Å². The van der Waals surface area contributed by atoms with E-state index in [9.17, 15) is 9.90 Å². The lowest BCUT2D eigenvalue weighted by Gasteiger charge is -2.28. The van der Waals surface area contributed by atoms with Crippen molar-refractivity contribution in [1.82, 2.24) is 19.9 Å². The van der Waals surface area contributed by atoms with Gasteiger partial charge in [-0.05, 0) is 38.7 Å². The van der Waals surface area contributed by atoms with Gasteiger partial charge in [0, 0.05) is 17.8 Å². The van der Waals surface area contributed by atoms with E-state index in [1.807, 2.05) is 13.8 Å². The molecule has 132 valence electrons. The standard InChI is InChI=1S/C18H23N5O2/c1-12-15(13(2)23-17(21-12)14(9-19)10-20-23)5-6-16(25)22-18(11-24)7-3-4-8-18/h10,24H,3-8,11H2,1-2H3,(H,22,25). The summed E-state index contributed by atoms with van der Waals surface area (Å²) in [6.45, 7) is 3.81. The molecule has 7 nitrogen and oxygen atoms in total. The van der Waals surface area contributed by atoms with Crippen molar-refractivity contribution >= 4 is 11.6 Å². The maximum absolute atomic E-state index is 12.4. The maximum Gasteiger partial charge on any atom is 0.220 e. The van der Waals surface area contributed by atoms with E-state index < -0.39 is 5.54 Å². The molecule has 0 radical (unpaired) electrons. The molecule has 2 N–H and O–H groups in total. The van der Waals surface area contributed by atoms with Crippen LogP contribution >= 0.6 is 0 Å². The van der Waals surface area contributed by atoms with E-state index in [-0.39, 0.29) is 12.5 Å². The van der Waals surface area contributed by atoms with Gasteiger partial charge in [-0.3, -0.25) is 4.79 Å². The number of hydrogen-bond acceptors (Lipinski definition) is 5. The molecule has 1 aliphatic rings. The summed E-state index contributed by atoms with van der Waals surface area (Å²) in [4.78, 5) is 16.8. The largest absolute Gasteiger partial charge is 0.394 e. The first-order valence-electron chi connectivity index (χ1n) is 8.65. The van der Waals surface area contributed by atoms with Crippen LogP contribution in [-0.4, -0.2) is 37.8 Å². The Balaban J connectivity index is 1.75. The predicted octanol–water partition coefficient (Wildman–Crippen LogP) is 1.57. The molecule has 0 atom stereocenters. The summed E-state index contributed by atoms with van der Waals surface area (Å²) in [6, 6.07) is 2.09. The van der Waals surface area contributed by atoms with Crippen molar-refractivity contribution in [2.45, 2.75) is 57.9 Å². The van der Waals surface area contributed by atoms with Gasteiger partial charge in [-0.25, -0.2) is 9.50 Å². The van der Waals surface area contributed by atoms with Crippen LogP contribution in [0.25, 0.3) is 5.65 Å². The van der Waals surface area contributed by atoms with Crippen LogP contribution in [0.4, 0.5) is 0 Å². The molecule has 1 saturated carbocycles. The molecule has 1 amide bonds. The molecule has 0 aromatic carbocycles. The van der Waals surface area contributed by atoms with Crippen molar-refractivity contribution in [3.05, 3.63) is 28.7 Å². The van der Waals surface area contributed by atoms with Crippen molar-refractivity contribution in [2.75, 3.05) is 6.61 Å². The third-order valence-corrected chi connectivity index (χ3v) is 5.20.